The van der Waals surface area contributed by atoms with Gasteiger partial charge >= 0.3 is 0 Å². The molecular weight excluding hydrogens is 396 g/mol. The highest BCUT2D eigenvalue weighted by Crippen LogP contribution is 2.44. The van der Waals surface area contributed by atoms with Crippen LogP contribution in [0.1, 0.15) is 46.6 Å². The van der Waals surface area contributed by atoms with Gasteiger partial charge in [0.1, 0.15) is 11.8 Å². The van der Waals surface area contributed by atoms with Crippen LogP contribution in [0.3, 0.4) is 0 Å². The minimum atomic E-state index is -0.148. The molecule has 9 heteroatoms. The van der Waals surface area contributed by atoms with Crippen LogP contribution in [0.5, 0.6) is 0 Å². The van der Waals surface area contributed by atoms with E-state index >= 15 is 0 Å². The molecule has 2 fully saturated rings. The molecule has 2 aromatic rings. The molecule has 1 aliphatic carbocycles. The number of anilines is 1. The Morgan fingerprint density at radius 1 is 1.16 bits per heavy atom. The summed E-state index contributed by atoms with van der Waals surface area (Å²) >= 11 is 0. The van der Waals surface area contributed by atoms with Crippen molar-refractivity contribution in [3.63, 3.8) is 0 Å². The number of nitrogens with one attached hydrogen (secondary N) is 1. The third-order valence-electron chi connectivity index (χ3n) is 6.80. The Labute approximate surface area is 179 Å². The third-order valence-corrected chi connectivity index (χ3v) is 6.80. The van der Waals surface area contributed by atoms with Crippen molar-refractivity contribution in [2.75, 3.05) is 44.3 Å². The van der Waals surface area contributed by atoms with Crippen LogP contribution in [-0.4, -0.2) is 65.2 Å². The fourth-order valence-corrected chi connectivity index (χ4v) is 4.96. The van der Waals surface area contributed by atoms with Gasteiger partial charge in [-0.25, -0.2) is 9.97 Å². The molecule has 1 amide bonds. The smallest absolute Gasteiger partial charge is 0.255 e. The van der Waals surface area contributed by atoms with E-state index in [0.717, 1.165) is 50.0 Å². The highest BCUT2D eigenvalue weighted by molar-refractivity contribution is 5.94. The average molecular weight is 420 g/mol. The van der Waals surface area contributed by atoms with E-state index in [9.17, 15) is 9.59 Å². The van der Waals surface area contributed by atoms with Crippen LogP contribution in [0.25, 0.3) is 0 Å². The molecular formula is C22H24N6O3. The van der Waals surface area contributed by atoms with Gasteiger partial charge in [0, 0.05) is 43.4 Å². The lowest BCUT2D eigenvalue weighted by Gasteiger charge is -2.39. The van der Waals surface area contributed by atoms with Gasteiger partial charge in [-0.15, -0.1) is 0 Å². The van der Waals surface area contributed by atoms with Crippen LogP contribution < -0.4 is 10.5 Å². The number of amides is 1. The van der Waals surface area contributed by atoms with Gasteiger partial charge in [-0.3, -0.25) is 14.6 Å². The van der Waals surface area contributed by atoms with Crippen LogP contribution in [0.2, 0.25) is 0 Å². The molecule has 9 nitrogen and oxygen atoms in total. The van der Waals surface area contributed by atoms with Gasteiger partial charge < -0.3 is 14.5 Å². The van der Waals surface area contributed by atoms with E-state index in [1.165, 1.54) is 6.20 Å². The molecule has 4 heterocycles. The van der Waals surface area contributed by atoms with E-state index in [1.807, 2.05) is 11.0 Å². The summed E-state index contributed by atoms with van der Waals surface area (Å²) in [6, 6.07) is 5.18. The summed E-state index contributed by atoms with van der Waals surface area (Å²) in [5, 5.41) is 8.89. The van der Waals surface area contributed by atoms with Crippen molar-refractivity contribution < 1.29 is 9.53 Å². The van der Waals surface area contributed by atoms with Crippen LogP contribution in [-0.2, 0) is 16.6 Å². The van der Waals surface area contributed by atoms with Crippen molar-refractivity contribution in [2.45, 2.75) is 31.1 Å². The van der Waals surface area contributed by atoms with Gasteiger partial charge in [-0.2, -0.15) is 5.26 Å². The number of aromatic nitrogens is 3. The van der Waals surface area contributed by atoms with Gasteiger partial charge in [-0.05, 0) is 37.8 Å². The molecule has 0 saturated carbocycles. The Hall–Kier alpha value is -3.25. The number of nitrogens with zero attached hydrogens (tertiary/aromatic N) is 5. The number of nitriles is 1. The minimum absolute atomic E-state index is 0.0365. The predicted octanol–water partition coefficient (Wildman–Crippen LogP) is 0.993. The lowest BCUT2D eigenvalue weighted by Crippen LogP contribution is -2.45. The first-order valence-corrected chi connectivity index (χ1v) is 10.7. The fraction of sp³-hybridized carbons (Fsp3) is 0.500. The number of H-pyrrole nitrogens is 1. The maximum atomic E-state index is 12.9. The largest absolute Gasteiger partial charge is 0.378 e. The summed E-state index contributed by atoms with van der Waals surface area (Å²) in [5.41, 5.74) is 2.32. The molecule has 2 aliphatic heterocycles. The quantitative estimate of drug-likeness (QED) is 0.770. The van der Waals surface area contributed by atoms with Crippen molar-refractivity contribution in [3.05, 3.63) is 51.2 Å². The summed E-state index contributed by atoms with van der Waals surface area (Å²) in [6.07, 6.45) is 4.66. The SMILES string of the molecule is N#Cc1ccc(C(=O)N2CCC3(CCc4c3nc(N3CCOCC3)[nH]c4=O)CC2)cn1. The first kappa shape index (κ1) is 19.7. The second kappa shape index (κ2) is 7.78. The number of hydrogen-bond donors (Lipinski definition) is 1. The number of carbonyl (C=O) groups is 1. The Bertz CT molecular complexity index is 1090. The Balaban J connectivity index is 1.35. The van der Waals surface area contributed by atoms with Crippen LogP contribution in [0.4, 0.5) is 5.95 Å². The van der Waals surface area contributed by atoms with Crippen LogP contribution >= 0.6 is 0 Å². The third kappa shape index (κ3) is 3.47. The van der Waals surface area contributed by atoms with Crippen LogP contribution in [0.15, 0.2) is 23.1 Å². The van der Waals surface area contributed by atoms with E-state index in [4.69, 9.17) is 15.0 Å². The Kier molecular flexibility index (Phi) is 4.94. The molecule has 1 spiro atoms. The molecule has 0 radical (unpaired) electrons. The number of piperidine rings is 1. The molecule has 3 aliphatic rings. The molecule has 5 rings (SSSR count). The summed E-state index contributed by atoms with van der Waals surface area (Å²) in [4.78, 5) is 41.5. The number of likely N-dealkylation sites (tertiary alicyclic amines) is 1. The molecule has 0 bridgehead atoms. The van der Waals surface area contributed by atoms with Gasteiger partial charge in [0.05, 0.1) is 24.5 Å². The van der Waals surface area contributed by atoms with E-state index in [1.54, 1.807) is 12.1 Å². The Morgan fingerprint density at radius 2 is 1.94 bits per heavy atom. The highest BCUT2D eigenvalue weighted by Gasteiger charge is 2.45. The fourth-order valence-electron chi connectivity index (χ4n) is 4.96. The Morgan fingerprint density at radius 3 is 2.61 bits per heavy atom. The predicted molar refractivity (Wildman–Crippen MR) is 112 cm³/mol. The number of rotatable bonds is 2. The lowest BCUT2D eigenvalue weighted by molar-refractivity contribution is 0.0663. The lowest BCUT2D eigenvalue weighted by atomic mass is 9.76. The molecule has 1 N–H and O–H groups in total. The van der Waals surface area contributed by atoms with E-state index in [2.05, 4.69) is 14.9 Å². The van der Waals surface area contributed by atoms with Crippen LogP contribution in [0, 0.1) is 11.3 Å². The maximum absolute atomic E-state index is 12.9. The standard InChI is InChI=1S/C22H24N6O3/c23-13-16-2-1-15(14-24-16)20(30)27-7-5-22(6-8-27)4-3-17-18(22)25-21(26-19(17)29)28-9-11-31-12-10-28/h1-2,14H,3-12H2,(H,25,26,29). The second-order valence-corrected chi connectivity index (χ2v) is 8.43. The van der Waals surface area contributed by atoms with Gasteiger partial charge in [0.25, 0.3) is 11.5 Å². The first-order chi connectivity index (χ1) is 15.1. The number of morpholine rings is 1. The number of fused-ring (bicyclic) bond motifs is 2. The molecule has 160 valence electrons. The zero-order chi connectivity index (χ0) is 21.4. The zero-order valence-electron chi connectivity index (χ0n) is 17.3. The first-order valence-electron chi connectivity index (χ1n) is 10.7. The summed E-state index contributed by atoms with van der Waals surface area (Å²) in [5.74, 6) is 0.563. The average Bonchev–Trinajstić information content (AvgIpc) is 3.18. The summed E-state index contributed by atoms with van der Waals surface area (Å²) in [6.45, 7) is 3.92. The molecule has 0 unspecified atom stereocenters. The van der Waals surface area contributed by atoms with E-state index in [0.29, 0.717) is 43.5 Å². The number of hydrogen-bond acceptors (Lipinski definition) is 7. The topological polar surface area (TPSA) is 115 Å². The van der Waals surface area contributed by atoms with Crippen molar-refractivity contribution in [1.29, 1.82) is 5.26 Å². The van der Waals surface area contributed by atoms with Crippen molar-refractivity contribution >= 4 is 11.9 Å². The molecule has 2 aromatic heterocycles. The van der Waals surface area contributed by atoms with Gasteiger partial charge in [0.2, 0.25) is 5.95 Å². The van der Waals surface area contributed by atoms with E-state index < -0.39 is 0 Å². The molecule has 2 saturated heterocycles. The van der Waals surface area contributed by atoms with Gasteiger partial charge in [-0.1, -0.05) is 0 Å². The van der Waals surface area contributed by atoms with Crippen molar-refractivity contribution in [2.24, 2.45) is 0 Å². The van der Waals surface area contributed by atoms with E-state index in [-0.39, 0.29) is 16.9 Å². The van der Waals surface area contributed by atoms with Crippen molar-refractivity contribution in [1.82, 2.24) is 19.9 Å². The van der Waals surface area contributed by atoms with Gasteiger partial charge in [0.15, 0.2) is 0 Å². The molecule has 31 heavy (non-hydrogen) atoms. The number of aromatic amines is 1. The van der Waals surface area contributed by atoms with Crippen molar-refractivity contribution in [3.8, 4) is 6.07 Å². The maximum Gasteiger partial charge on any atom is 0.255 e. The summed E-state index contributed by atoms with van der Waals surface area (Å²) in [7, 11) is 0. The monoisotopic (exact) mass is 420 g/mol. The minimum Gasteiger partial charge on any atom is -0.378 e. The summed E-state index contributed by atoms with van der Waals surface area (Å²) < 4.78 is 5.42. The molecule has 0 aromatic carbocycles. The highest BCUT2D eigenvalue weighted by atomic mass is 16.5. The molecule has 0 atom stereocenters. The number of carbonyl (C=O) groups excluding carboxylic acids is 1. The second-order valence-electron chi connectivity index (χ2n) is 8.43. The number of pyridine rings is 1. The zero-order valence-corrected chi connectivity index (χ0v) is 17.3. The number of ether oxygens (including phenoxy) is 1. The normalized spacial score (nSPS) is 19.8.